The summed E-state index contributed by atoms with van der Waals surface area (Å²) < 4.78 is 10.8. The van der Waals surface area contributed by atoms with Crippen molar-refractivity contribution in [2.45, 2.75) is 87.6 Å². The van der Waals surface area contributed by atoms with E-state index in [0.29, 0.717) is 0 Å². The molecule has 0 aromatic carbocycles. The smallest absolute Gasteiger partial charge is 0.342 e. The Labute approximate surface area is 273 Å². The molecular formula is C20H30I6N2O4. The molecule has 2 rings (SSSR count). The highest BCUT2D eigenvalue weighted by Crippen LogP contribution is 2.46. The summed E-state index contributed by atoms with van der Waals surface area (Å²) in [5.41, 5.74) is -0.390. The van der Waals surface area contributed by atoms with Gasteiger partial charge in [-0.3, -0.25) is 9.80 Å². The predicted molar refractivity (Wildman–Crippen MR) is 179 cm³/mol. The Morgan fingerprint density at radius 2 is 1.31 bits per heavy atom. The number of hydrogen-bond acceptors (Lipinski definition) is 6. The van der Waals surface area contributed by atoms with Crippen LogP contribution in [-0.2, 0) is 19.1 Å². The van der Waals surface area contributed by atoms with E-state index in [1.165, 1.54) is 0 Å². The maximum Gasteiger partial charge on any atom is 0.342 e. The molecule has 32 heavy (non-hydrogen) atoms. The van der Waals surface area contributed by atoms with Gasteiger partial charge in [-0.2, -0.15) is 0 Å². The molecule has 0 radical (unpaired) electrons. The second-order valence-electron chi connectivity index (χ2n) is 9.69. The molecule has 0 saturated carbocycles. The third-order valence-corrected chi connectivity index (χ3v) is 9.69. The number of piperidine rings is 2. The molecule has 0 bridgehead atoms. The summed E-state index contributed by atoms with van der Waals surface area (Å²) in [6, 6.07) is 0.436. The Morgan fingerprint density at radius 1 is 0.844 bits per heavy atom. The highest BCUT2D eigenvalue weighted by atomic mass is 127. The molecule has 0 spiro atoms. The summed E-state index contributed by atoms with van der Waals surface area (Å²) in [4.78, 5) is 30.1. The van der Waals surface area contributed by atoms with Gasteiger partial charge in [0, 0.05) is 42.4 Å². The summed E-state index contributed by atoms with van der Waals surface area (Å²) in [6.07, 6.45) is 2.83. The lowest BCUT2D eigenvalue weighted by Crippen LogP contribution is -2.71. The van der Waals surface area contributed by atoms with E-state index in [0.717, 1.165) is 25.7 Å². The number of carbonyl (C=O) groups excluding carboxylic acids is 2. The molecule has 5 atom stereocenters. The molecule has 2 aliphatic heterocycles. The zero-order valence-electron chi connectivity index (χ0n) is 18.9. The number of hydrogen-bond donors (Lipinski definition) is 0. The van der Waals surface area contributed by atoms with Crippen LogP contribution in [0.15, 0.2) is 0 Å². The van der Waals surface area contributed by atoms with Crippen LogP contribution in [0.5, 0.6) is 0 Å². The quantitative estimate of drug-likeness (QED) is 0.179. The van der Waals surface area contributed by atoms with Crippen LogP contribution >= 0.6 is 136 Å². The van der Waals surface area contributed by atoms with Gasteiger partial charge in [0.15, 0.2) is 0 Å². The fourth-order valence-corrected chi connectivity index (χ4v) is 5.85. The van der Waals surface area contributed by atoms with Gasteiger partial charge >= 0.3 is 11.9 Å². The first-order valence-electron chi connectivity index (χ1n) is 10.3. The molecule has 0 aromatic heterocycles. The van der Waals surface area contributed by atoms with E-state index >= 15 is 0 Å². The summed E-state index contributed by atoms with van der Waals surface area (Å²) in [7, 11) is 4.34. The Hall–Kier alpha value is 3.24. The number of esters is 2. The number of alkyl halides is 6. The second kappa shape index (κ2) is 11.5. The molecule has 0 aliphatic carbocycles. The summed E-state index contributed by atoms with van der Waals surface area (Å²) in [5, 5.41) is 0. The Bertz CT molecular complexity index is 726. The normalized spacial score (nSPS) is 34.8. The van der Waals surface area contributed by atoms with E-state index in [9.17, 15) is 9.59 Å². The number of carbonyl (C=O) groups is 2. The van der Waals surface area contributed by atoms with Crippen LogP contribution < -0.4 is 0 Å². The van der Waals surface area contributed by atoms with Gasteiger partial charge in [-0.15, -0.1) is 0 Å². The molecule has 0 N–H and O–H groups in total. The number of nitrogens with zero attached hydrogens (tertiary/aromatic N) is 2. The van der Waals surface area contributed by atoms with Crippen molar-refractivity contribution in [1.82, 2.24) is 9.80 Å². The van der Waals surface area contributed by atoms with Crippen LogP contribution in [0.25, 0.3) is 0 Å². The third kappa shape index (κ3) is 7.64. The van der Waals surface area contributed by atoms with E-state index in [1.54, 1.807) is 0 Å². The predicted octanol–water partition coefficient (Wildman–Crippen LogP) is 6.47. The lowest BCUT2D eigenvalue weighted by molar-refractivity contribution is -0.171. The SMILES string of the molecule is CC1CC(OC(=O)C(I)(I)I)CC(C2(C)CC(OC(=O)C(I)(I)I)CC(C)(C)N2C)N1C. The first-order valence-corrected chi connectivity index (χ1v) is 16.8. The van der Waals surface area contributed by atoms with E-state index in [4.69, 9.17) is 9.47 Å². The maximum atomic E-state index is 12.7. The molecule has 6 nitrogen and oxygen atoms in total. The standard InChI is InChI=1S/C20H30I6N2O4/c1-11-7-12(31-15(29)19(21,22)23)8-14(27(11)5)18(4)10-13(9-17(2,3)28(18)6)32-16(30)20(24,25)26/h11-14H,7-10H2,1-6H3. The van der Waals surface area contributed by atoms with Crippen LogP contribution in [0.2, 0.25) is 0 Å². The number of likely N-dealkylation sites (N-methyl/N-ethyl adjacent to an activating group) is 2. The lowest BCUT2D eigenvalue weighted by Gasteiger charge is -2.60. The van der Waals surface area contributed by atoms with Crippen LogP contribution in [-0.4, -0.2) is 70.1 Å². The van der Waals surface area contributed by atoms with E-state index in [1.807, 2.05) is 0 Å². The molecular weight excluding hydrogens is 1090 g/mol. The summed E-state index contributed by atoms with van der Waals surface area (Å²) in [5.74, 6) is -0.372. The molecule has 5 unspecified atom stereocenters. The highest BCUT2D eigenvalue weighted by Gasteiger charge is 2.54. The van der Waals surface area contributed by atoms with E-state index < -0.39 is -1.13 Å². The Morgan fingerprint density at radius 3 is 1.78 bits per heavy atom. The molecule has 2 heterocycles. The van der Waals surface area contributed by atoms with Crippen molar-refractivity contribution < 1.29 is 19.1 Å². The topological polar surface area (TPSA) is 59.1 Å². The van der Waals surface area contributed by atoms with Gasteiger partial charge < -0.3 is 9.47 Å². The number of ether oxygens (including phenoxy) is 2. The van der Waals surface area contributed by atoms with E-state index in [2.05, 4.69) is 187 Å². The van der Waals surface area contributed by atoms with Gasteiger partial charge in [0.1, 0.15) is 12.2 Å². The number of rotatable bonds is 5. The molecule has 0 aromatic rings. The van der Waals surface area contributed by atoms with Crippen LogP contribution in [0, 0.1) is 0 Å². The minimum Gasteiger partial charge on any atom is -0.460 e. The number of halogens is 6. The van der Waals surface area contributed by atoms with Gasteiger partial charge in [0.25, 0.3) is 0 Å². The first kappa shape index (κ1) is 31.5. The Balaban J connectivity index is 2.32. The van der Waals surface area contributed by atoms with E-state index in [-0.39, 0.29) is 47.3 Å². The van der Waals surface area contributed by atoms with Crippen molar-refractivity contribution in [3.05, 3.63) is 0 Å². The first-order chi connectivity index (χ1) is 14.3. The van der Waals surface area contributed by atoms with Crippen LogP contribution in [0.1, 0.15) is 53.4 Å². The van der Waals surface area contributed by atoms with Gasteiger partial charge in [-0.25, -0.2) is 9.59 Å². The molecule has 0 amide bonds. The van der Waals surface area contributed by atoms with Gasteiger partial charge in [-0.05, 0) is 184 Å². The lowest BCUT2D eigenvalue weighted by atomic mass is 9.70. The summed E-state index contributed by atoms with van der Waals surface area (Å²) in [6.45, 7) is 8.91. The fraction of sp³-hybridized carbons (Fsp3) is 0.900. The average Bonchev–Trinajstić information content (AvgIpc) is 2.60. The second-order valence-corrected chi connectivity index (χ2v) is 31.8. The molecule has 12 heteroatoms. The van der Waals surface area contributed by atoms with Gasteiger partial charge in [0.2, 0.25) is -1.13 Å². The van der Waals surface area contributed by atoms with Crippen molar-refractivity contribution in [3.63, 3.8) is 0 Å². The van der Waals surface area contributed by atoms with Crippen molar-refractivity contribution >= 4 is 147 Å². The molecule has 186 valence electrons. The van der Waals surface area contributed by atoms with Crippen LogP contribution in [0.3, 0.4) is 0 Å². The largest absolute Gasteiger partial charge is 0.460 e. The monoisotopic (exact) mass is 1120 g/mol. The molecule has 2 aliphatic rings. The van der Waals surface area contributed by atoms with Crippen molar-refractivity contribution in [2.24, 2.45) is 0 Å². The molecule has 2 fully saturated rings. The van der Waals surface area contributed by atoms with Gasteiger partial charge in [-0.1, -0.05) is 0 Å². The Kier molecular flexibility index (Phi) is 11.4. The summed E-state index contributed by atoms with van der Waals surface area (Å²) >= 11 is 12.7. The third-order valence-electron chi connectivity index (χ3n) is 7.05. The number of likely N-dealkylation sites (tertiary alicyclic amines) is 2. The van der Waals surface area contributed by atoms with Gasteiger partial charge in [0.05, 0.1) is 0 Å². The van der Waals surface area contributed by atoms with Crippen molar-refractivity contribution in [3.8, 4) is 0 Å². The zero-order valence-corrected chi connectivity index (χ0v) is 31.9. The van der Waals surface area contributed by atoms with Crippen molar-refractivity contribution in [1.29, 1.82) is 0 Å². The fourth-order valence-electron chi connectivity index (χ4n) is 5.09. The van der Waals surface area contributed by atoms with Crippen LogP contribution in [0.4, 0.5) is 0 Å². The zero-order chi connectivity index (χ0) is 24.9. The highest BCUT2D eigenvalue weighted by molar-refractivity contribution is 14.3. The van der Waals surface area contributed by atoms with Crippen molar-refractivity contribution in [2.75, 3.05) is 14.1 Å². The average molecular weight is 1120 g/mol. The minimum absolute atomic E-state index is 0.126. The maximum absolute atomic E-state index is 12.7. The minimum atomic E-state index is -0.614. The molecule has 2 saturated heterocycles.